The van der Waals surface area contributed by atoms with Crippen molar-refractivity contribution in [3.8, 4) is 0 Å². The van der Waals surface area contributed by atoms with E-state index in [0.29, 0.717) is 5.13 Å². The third-order valence-corrected chi connectivity index (χ3v) is 3.83. The maximum atomic E-state index is 11.3. The monoisotopic (exact) mass is 263 g/mol. The molecule has 16 heavy (non-hydrogen) atoms. The van der Waals surface area contributed by atoms with E-state index < -0.39 is 10.8 Å². The summed E-state index contributed by atoms with van der Waals surface area (Å²) in [5, 5.41) is 19.9. The highest BCUT2D eigenvalue weighted by atomic mass is 32.2. The van der Waals surface area contributed by atoms with Crippen molar-refractivity contribution in [2.45, 2.75) is 13.3 Å². The van der Waals surface area contributed by atoms with Gasteiger partial charge in [-0.05, 0) is 6.42 Å². The third-order valence-electron chi connectivity index (χ3n) is 1.63. The van der Waals surface area contributed by atoms with E-state index in [1.165, 1.54) is 11.3 Å². The number of rotatable bonds is 6. The second kappa shape index (κ2) is 6.66. The first kappa shape index (κ1) is 13.2. The van der Waals surface area contributed by atoms with Crippen molar-refractivity contribution in [3.05, 3.63) is 5.01 Å². The lowest BCUT2D eigenvalue weighted by atomic mass is 10.5. The first-order valence-corrected chi connectivity index (χ1v) is 7.04. The molecule has 1 amide bonds. The number of nitrogens with zero attached hydrogens (tertiary/aromatic N) is 2. The van der Waals surface area contributed by atoms with Crippen molar-refractivity contribution in [1.29, 1.82) is 0 Å². The number of hydrogen-bond donors (Lipinski definition) is 2. The van der Waals surface area contributed by atoms with Crippen LogP contribution >= 0.6 is 11.3 Å². The van der Waals surface area contributed by atoms with Gasteiger partial charge in [0.1, 0.15) is 10.8 Å². The number of carbonyl (C=O) groups is 1. The Kier molecular flexibility index (Phi) is 5.50. The zero-order valence-corrected chi connectivity index (χ0v) is 10.4. The first-order valence-electron chi connectivity index (χ1n) is 4.73. The SMILES string of the molecule is CCc1nnc(NC(=O)CS(=O)CCO)s1. The van der Waals surface area contributed by atoms with Gasteiger partial charge in [-0.3, -0.25) is 14.3 Å². The van der Waals surface area contributed by atoms with Crippen LogP contribution in [-0.2, 0) is 22.0 Å². The Bertz CT molecular complexity index is 380. The number of aliphatic hydroxyl groups excluding tert-OH is 1. The third kappa shape index (κ3) is 4.33. The Hall–Kier alpha value is -0.860. The van der Waals surface area contributed by atoms with Crippen LogP contribution in [0.15, 0.2) is 0 Å². The molecule has 8 heteroatoms. The van der Waals surface area contributed by atoms with Crippen LogP contribution in [0, 0.1) is 0 Å². The van der Waals surface area contributed by atoms with Gasteiger partial charge in [0.05, 0.1) is 6.61 Å². The molecule has 0 radical (unpaired) electrons. The largest absolute Gasteiger partial charge is 0.395 e. The zero-order valence-electron chi connectivity index (χ0n) is 8.80. The van der Waals surface area contributed by atoms with Gasteiger partial charge in [0.15, 0.2) is 0 Å². The Morgan fingerprint density at radius 1 is 1.56 bits per heavy atom. The molecule has 1 aromatic rings. The van der Waals surface area contributed by atoms with Gasteiger partial charge < -0.3 is 5.11 Å². The zero-order chi connectivity index (χ0) is 12.0. The number of anilines is 1. The smallest absolute Gasteiger partial charge is 0.238 e. The minimum atomic E-state index is -1.32. The Balaban J connectivity index is 2.42. The van der Waals surface area contributed by atoms with E-state index in [1.807, 2.05) is 6.92 Å². The molecule has 0 saturated heterocycles. The molecule has 2 N–H and O–H groups in total. The van der Waals surface area contributed by atoms with Crippen molar-refractivity contribution >= 4 is 33.2 Å². The molecular weight excluding hydrogens is 250 g/mol. The molecule has 0 saturated carbocycles. The maximum Gasteiger partial charge on any atom is 0.238 e. The Morgan fingerprint density at radius 3 is 2.88 bits per heavy atom. The van der Waals surface area contributed by atoms with Gasteiger partial charge >= 0.3 is 0 Å². The Morgan fingerprint density at radius 2 is 2.31 bits per heavy atom. The lowest BCUT2D eigenvalue weighted by Crippen LogP contribution is -2.21. The van der Waals surface area contributed by atoms with Crippen molar-refractivity contribution in [2.24, 2.45) is 0 Å². The van der Waals surface area contributed by atoms with Crippen molar-refractivity contribution in [3.63, 3.8) is 0 Å². The fourth-order valence-electron chi connectivity index (χ4n) is 0.923. The molecule has 90 valence electrons. The second-order valence-electron chi connectivity index (χ2n) is 2.91. The van der Waals surface area contributed by atoms with Gasteiger partial charge in [0.2, 0.25) is 11.0 Å². The minimum Gasteiger partial charge on any atom is -0.395 e. The molecule has 6 nitrogen and oxygen atoms in total. The summed E-state index contributed by atoms with van der Waals surface area (Å²) in [4.78, 5) is 11.3. The van der Waals surface area contributed by atoms with E-state index in [2.05, 4.69) is 15.5 Å². The van der Waals surface area contributed by atoms with E-state index in [1.54, 1.807) is 0 Å². The predicted molar refractivity (Wildman–Crippen MR) is 62.9 cm³/mol. The number of aryl methyl sites for hydroxylation is 1. The fourth-order valence-corrected chi connectivity index (χ4v) is 2.33. The summed E-state index contributed by atoms with van der Waals surface area (Å²) in [6, 6.07) is 0. The summed E-state index contributed by atoms with van der Waals surface area (Å²) >= 11 is 1.30. The fraction of sp³-hybridized carbons (Fsp3) is 0.625. The lowest BCUT2D eigenvalue weighted by molar-refractivity contribution is -0.113. The number of hydrogen-bond acceptors (Lipinski definition) is 6. The molecule has 0 spiro atoms. The maximum absolute atomic E-state index is 11.3. The van der Waals surface area contributed by atoms with Gasteiger partial charge in [0.25, 0.3) is 0 Å². The molecule has 1 unspecified atom stereocenters. The Labute approximate surface area is 99.5 Å². The summed E-state index contributed by atoms with van der Waals surface area (Å²) < 4.78 is 11.2. The van der Waals surface area contributed by atoms with E-state index in [0.717, 1.165) is 11.4 Å². The summed E-state index contributed by atoms with van der Waals surface area (Å²) in [7, 11) is -1.32. The quantitative estimate of drug-likeness (QED) is 0.740. The average Bonchev–Trinajstić information content (AvgIpc) is 2.65. The predicted octanol–water partition coefficient (Wildman–Crippen LogP) is -0.220. The number of nitrogens with one attached hydrogen (secondary N) is 1. The van der Waals surface area contributed by atoms with E-state index >= 15 is 0 Å². The van der Waals surface area contributed by atoms with Gasteiger partial charge in [0, 0.05) is 16.6 Å². The van der Waals surface area contributed by atoms with Crippen molar-refractivity contribution in [2.75, 3.05) is 23.4 Å². The molecule has 1 rings (SSSR count). The van der Waals surface area contributed by atoms with E-state index in [9.17, 15) is 9.00 Å². The molecule has 0 aliphatic carbocycles. The molecule has 0 aliphatic heterocycles. The second-order valence-corrected chi connectivity index (χ2v) is 5.55. The van der Waals surface area contributed by atoms with Gasteiger partial charge in [-0.2, -0.15) is 0 Å². The van der Waals surface area contributed by atoms with Crippen LogP contribution in [0.25, 0.3) is 0 Å². The van der Waals surface area contributed by atoms with Crippen LogP contribution in [0.5, 0.6) is 0 Å². The highest BCUT2D eigenvalue weighted by Gasteiger charge is 2.10. The summed E-state index contributed by atoms with van der Waals surface area (Å²) in [6.07, 6.45) is 0.768. The summed E-state index contributed by atoms with van der Waals surface area (Å²) in [5.74, 6) is -0.378. The highest BCUT2D eigenvalue weighted by Crippen LogP contribution is 2.14. The van der Waals surface area contributed by atoms with Gasteiger partial charge in [-0.25, -0.2) is 0 Å². The first-order chi connectivity index (χ1) is 7.65. The highest BCUT2D eigenvalue weighted by molar-refractivity contribution is 7.85. The van der Waals surface area contributed by atoms with E-state index in [-0.39, 0.29) is 24.0 Å². The minimum absolute atomic E-state index is 0.115. The molecule has 1 atom stereocenters. The molecule has 1 aromatic heterocycles. The van der Waals surface area contributed by atoms with Crippen LogP contribution in [0.2, 0.25) is 0 Å². The molecule has 0 aliphatic rings. The van der Waals surface area contributed by atoms with Crippen LogP contribution in [0.4, 0.5) is 5.13 Å². The normalized spacial score (nSPS) is 12.4. The standard InChI is InChI=1S/C8H13N3O3S2/c1-2-7-10-11-8(15-7)9-6(13)5-16(14)4-3-12/h12H,2-5H2,1H3,(H,9,11,13). The molecule has 0 aromatic carbocycles. The average molecular weight is 263 g/mol. The number of amides is 1. The summed E-state index contributed by atoms with van der Waals surface area (Å²) in [6.45, 7) is 1.76. The number of aliphatic hydroxyl groups is 1. The van der Waals surface area contributed by atoms with Crippen LogP contribution in [0.3, 0.4) is 0 Å². The van der Waals surface area contributed by atoms with Crippen molar-refractivity contribution < 1.29 is 14.1 Å². The van der Waals surface area contributed by atoms with Gasteiger partial charge in [-0.1, -0.05) is 18.3 Å². The number of aromatic nitrogens is 2. The van der Waals surface area contributed by atoms with Crippen LogP contribution in [-0.4, -0.2) is 43.5 Å². The molecule has 1 heterocycles. The molecule has 0 bridgehead atoms. The van der Waals surface area contributed by atoms with Gasteiger partial charge in [-0.15, -0.1) is 10.2 Å². The molecular formula is C8H13N3O3S2. The topological polar surface area (TPSA) is 92.2 Å². The van der Waals surface area contributed by atoms with Crippen molar-refractivity contribution in [1.82, 2.24) is 10.2 Å². The van der Waals surface area contributed by atoms with E-state index in [4.69, 9.17) is 5.11 Å². The number of carbonyl (C=O) groups excluding carboxylic acids is 1. The van der Waals surface area contributed by atoms with Crippen LogP contribution < -0.4 is 5.32 Å². The summed E-state index contributed by atoms with van der Waals surface area (Å²) in [5.41, 5.74) is 0. The lowest BCUT2D eigenvalue weighted by Gasteiger charge is -1.99. The van der Waals surface area contributed by atoms with Crippen LogP contribution in [0.1, 0.15) is 11.9 Å². The molecule has 0 fully saturated rings.